The van der Waals surface area contributed by atoms with E-state index >= 15 is 0 Å². The number of hydrogen-bond acceptors (Lipinski definition) is 4. The third-order valence-corrected chi connectivity index (χ3v) is 7.05. The van der Waals surface area contributed by atoms with Crippen molar-refractivity contribution < 1.29 is 62.6 Å². The number of halogens is 11. The molecule has 0 spiro atoms. The number of esters is 1. The van der Waals surface area contributed by atoms with Gasteiger partial charge in [-0.05, 0) is 30.7 Å². The molecule has 2 aliphatic rings. The number of carbonyl (C=O) groups is 2. The maximum Gasteiger partial charge on any atom is 0.384 e. The van der Waals surface area contributed by atoms with Crippen LogP contribution in [0.3, 0.4) is 0 Å². The molecule has 1 atom stereocenters. The first-order valence-electron chi connectivity index (χ1n) is 9.36. The van der Waals surface area contributed by atoms with Crippen LogP contribution in [0.25, 0.3) is 0 Å². The van der Waals surface area contributed by atoms with Gasteiger partial charge in [0.15, 0.2) is 0 Å². The fraction of sp³-hybridized carbons (Fsp3) is 0.667. The Bertz CT molecular complexity index is 1010. The smallest absolute Gasteiger partial charge is 0.384 e. The number of thiophene rings is 1. The maximum absolute atomic E-state index is 15.0. The summed E-state index contributed by atoms with van der Waals surface area (Å²) in [5.74, 6) is -41.6. The van der Waals surface area contributed by atoms with E-state index in [1.165, 1.54) is 0 Å². The van der Waals surface area contributed by atoms with E-state index in [0.717, 1.165) is 12.4 Å². The average molecular weight is 533 g/mol. The molecule has 1 N–H and O–H groups in total. The first-order valence-corrected chi connectivity index (χ1v) is 10.2. The second-order valence-corrected chi connectivity index (χ2v) is 9.14. The summed E-state index contributed by atoms with van der Waals surface area (Å²) in [6.07, 6.45) is 0.801. The van der Waals surface area contributed by atoms with E-state index < -0.39 is 57.7 Å². The van der Waals surface area contributed by atoms with Crippen LogP contribution in [0.2, 0.25) is 0 Å². The summed E-state index contributed by atoms with van der Waals surface area (Å²) in [5.41, 5.74) is -7.31. The van der Waals surface area contributed by atoms with Crippen LogP contribution >= 0.6 is 11.3 Å². The van der Waals surface area contributed by atoms with Crippen molar-refractivity contribution in [2.45, 2.75) is 61.5 Å². The molecule has 0 aliphatic heterocycles. The first kappa shape index (κ1) is 26.5. The lowest BCUT2D eigenvalue weighted by molar-refractivity contribution is -0.475. The van der Waals surface area contributed by atoms with Gasteiger partial charge in [0.1, 0.15) is 5.00 Å². The Morgan fingerprint density at radius 1 is 0.882 bits per heavy atom. The molecule has 4 nitrogen and oxygen atoms in total. The summed E-state index contributed by atoms with van der Waals surface area (Å²) in [5, 5.41) is 0.127. The molecule has 1 aromatic rings. The van der Waals surface area contributed by atoms with Gasteiger partial charge >= 0.3 is 41.3 Å². The van der Waals surface area contributed by atoms with Gasteiger partial charge in [-0.3, -0.25) is 4.79 Å². The molecule has 192 valence electrons. The summed E-state index contributed by atoms with van der Waals surface area (Å²) in [4.78, 5) is 24.7. The van der Waals surface area contributed by atoms with Crippen molar-refractivity contribution in [2.75, 3.05) is 12.4 Å². The predicted molar refractivity (Wildman–Crippen MR) is 94.1 cm³/mol. The Labute approximate surface area is 187 Å². The minimum atomic E-state index is -7.43. The summed E-state index contributed by atoms with van der Waals surface area (Å²) in [6.45, 7) is 1.75. The van der Waals surface area contributed by atoms with Gasteiger partial charge in [0.2, 0.25) is 0 Å². The quantitative estimate of drug-likeness (QED) is 0.413. The van der Waals surface area contributed by atoms with Gasteiger partial charge in [-0.15, -0.1) is 11.3 Å². The molecule has 0 saturated heterocycles. The Hall–Kier alpha value is -2.13. The number of alkyl halides is 11. The zero-order valence-corrected chi connectivity index (χ0v) is 17.8. The highest BCUT2D eigenvalue weighted by molar-refractivity contribution is 7.17. The second kappa shape index (κ2) is 7.43. The van der Waals surface area contributed by atoms with Crippen LogP contribution in [0.4, 0.5) is 53.3 Å². The van der Waals surface area contributed by atoms with E-state index in [-0.39, 0.29) is 24.3 Å². The summed E-state index contributed by atoms with van der Waals surface area (Å²) >= 11 is 0.388. The predicted octanol–water partition coefficient (Wildman–Crippen LogP) is 5.50. The van der Waals surface area contributed by atoms with Gasteiger partial charge in [-0.1, -0.05) is 6.92 Å². The lowest BCUT2D eigenvalue weighted by Gasteiger charge is -2.51. The monoisotopic (exact) mass is 533 g/mol. The first-order chi connectivity index (χ1) is 15.2. The molecule has 3 rings (SSSR count). The third-order valence-electron chi connectivity index (χ3n) is 5.88. The van der Waals surface area contributed by atoms with Crippen LogP contribution in [0.15, 0.2) is 0 Å². The fourth-order valence-electron chi connectivity index (χ4n) is 3.85. The normalized spacial score (nSPS) is 27.4. The highest BCUT2D eigenvalue weighted by atomic mass is 32.1. The van der Waals surface area contributed by atoms with Gasteiger partial charge in [-0.25, -0.2) is 9.18 Å². The molecule has 1 fully saturated rings. The van der Waals surface area contributed by atoms with E-state index in [4.69, 9.17) is 0 Å². The van der Waals surface area contributed by atoms with E-state index in [1.807, 2.05) is 0 Å². The molecule has 0 aromatic carbocycles. The molecule has 2 aliphatic carbocycles. The molecule has 1 heterocycles. The van der Waals surface area contributed by atoms with Gasteiger partial charge in [0.05, 0.1) is 12.7 Å². The largest absolute Gasteiger partial charge is 0.465 e. The Balaban J connectivity index is 2.17. The molecular formula is C18H14F11NO3S. The van der Waals surface area contributed by atoms with Crippen LogP contribution in [0.5, 0.6) is 0 Å². The second-order valence-electron chi connectivity index (χ2n) is 8.03. The van der Waals surface area contributed by atoms with Crippen molar-refractivity contribution in [3.8, 4) is 0 Å². The number of nitrogens with one attached hydrogen (secondary N) is 1. The number of methoxy groups -OCH3 is 1. The SMILES string of the molecule is COC(=O)c1c(NC(=O)C2(F)C(F)(F)C(F)(F)C(F)(F)C(F)(F)C2(F)F)sc2c1CCC(C)C2. The minimum Gasteiger partial charge on any atom is -0.465 e. The molecule has 1 amide bonds. The molecule has 1 saturated carbocycles. The van der Waals surface area contributed by atoms with E-state index in [1.54, 1.807) is 6.92 Å². The van der Waals surface area contributed by atoms with Crippen molar-refractivity contribution in [3.63, 3.8) is 0 Å². The lowest BCUT2D eigenvalue weighted by atomic mass is 9.71. The molecule has 0 radical (unpaired) electrons. The molecule has 1 aromatic heterocycles. The number of anilines is 1. The van der Waals surface area contributed by atoms with Crippen LogP contribution in [-0.4, -0.2) is 54.3 Å². The molecule has 34 heavy (non-hydrogen) atoms. The third kappa shape index (κ3) is 2.89. The Kier molecular flexibility index (Phi) is 5.79. The number of rotatable bonds is 3. The Morgan fingerprint density at radius 3 is 1.82 bits per heavy atom. The summed E-state index contributed by atoms with van der Waals surface area (Å²) < 4.78 is 158. The lowest BCUT2D eigenvalue weighted by Crippen LogP contribution is -2.86. The number of hydrogen-bond donors (Lipinski definition) is 1. The zero-order valence-electron chi connectivity index (χ0n) is 17.0. The van der Waals surface area contributed by atoms with Gasteiger partial charge in [0, 0.05) is 4.88 Å². The number of fused-ring (bicyclic) bond motifs is 1. The highest BCUT2D eigenvalue weighted by Crippen LogP contribution is 2.69. The number of carbonyl (C=O) groups excluding carboxylic acids is 2. The highest BCUT2D eigenvalue weighted by Gasteiger charge is 3.02. The Morgan fingerprint density at radius 2 is 1.35 bits per heavy atom. The van der Waals surface area contributed by atoms with Crippen molar-refractivity contribution in [2.24, 2.45) is 5.92 Å². The molecule has 16 heteroatoms. The van der Waals surface area contributed by atoms with E-state index in [0.29, 0.717) is 22.6 Å². The molecule has 0 bridgehead atoms. The fourth-order valence-corrected chi connectivity index (χ4v) is 5.25. The van der Waals surface area contributed by atoms with E-state index in [2.05, 4.69) is 4.74 Å². The molecular weight excluding hydrogens is 519 g/mol. The zero-order chi connectivity index (χ0) is 26.3. The standard InChI is InChI=1S/C18H14F11NO3S/c1-6-3-4-7-8(5-6)34-10(9(7)11(31)33-2)30-12(32)13(19)14(20,21)16(24,25)18(28,29)17(26,27)15(13,22)23/h6H,3-5H2,1-2H3,(H,30,32). The maximum atomic E-state index is 15.0. The van der Waals surface area contributed by atoms with Crippen molar-refractivity contribution in [1.82, 2.24) is 0 Å². The molecule has 1 unspecified atom stereocenters. The summed E-state index contributed by atoms with van der Waals surface area (Å²) in [6, 6.07) is 0. The summed E-state index contributed by atoms with van der Waals surface area (Å²) in [7, 11) is 0.826. The topological polar surface area (TPSA) is 55.4 Å². The van der Waals surface area contributed by atoms with Gasteiger partial charge in [0.25, 0.3) is 5.91 Å². The average Bonchev–Trinajstić information content (AvgIpc) is 3.07. The van der Waals surface area contributed by atoms with Gasteiger partial charge in [-0.2, -0.15) is 43.9 Å². The van der Waals surface area contributed by atoms with Gasteiger partial charge < -0.3 is 10.1 Å². The van der Waals surface area contributed by atoms with Crippen LogP contribution < -0.4 is 5.32 Å². The number of amides is 1. The van der Waals surface area contributed by atoms with Crippen LogP contribution in [-0.2, 0) is 22.4 Å². The van der Waals surface area contributed by atoms with Crippen molar-refractivity contribution in [1.29, 1.82) is 0 Å². The van der Waals surface area contributed by atoms with Crippen molar-refractivity contribution in [3.05, 3.63) is 16.0 Å². The minimum absolute atomic E-state index is 0.0145. The number of ether oxygens (including phenoxy) is 1. The van der Waals surface area contributed by atoms with Crippen molar-refractivity contribution >= 4 is 28.2 Å². The van der Waals surface area contributed by atoms with Crippen LogP contribution in [0.1, 0.15) is 34.1 Å². The van der Waals surface area contributed by atoms with Crippen LogP contribution in [0, 0.1) is 5.92 Å². The van der Waals surface area contributed by atoms with E-state index in [9.17, 15) is 57.9 Å².